The summed E-state index contributed by atoms with van der Waals surface area (Å²) < 4.78 is 75.5. The minimum Gasteiger partial charge on any atom is -0.493 e. The summed E-state index contributed by atoms with van der Waals surface area (Å²) >= 11 is 6.11. The van der Waals surface area contributed by atoms with E-state index in [-0.39, 0.29) is 18.1 Å². The fraction of sp³-hybridized carbons (Fsp3) is 0.389. The van der Waals surface area contributed by atoms with Crippen LogP contribution in [0.3, 0.4) is 0 Å². The molecule has 1 atom stereocenters. The third kappa shape index (κ3) is 4.96. The van der Waals surface area contributed by atoms with Crippen LogP contribution in [0.1, 0.15) is 13.3 Å². The average Bonchev–Trinajstić information content (AvgIpc) is 3.14. The van der Waals surface area contributed by atoms with Gasteiger partial charge >= 0.3 is 6.18 Å². The lowest BCUT2D eigenvalue weighted by Crippen LogP contribution is -2.34. The molecule has 2 heterocycles. The number of alkyl halides is 3. The van der Waals surface area contributed by atoms with Gasteiger partial charge in [-0.25, -0.2) is 8.78 Å². The van der Waals surface area contributed by atoms with Crippen LogP contribution in [0.4, 0.5) is 27.8 Å². The van der Waals surface area contributed by atoms with E-state index in [0.29, 0.717) is 13.0 Å². The Hall–Kier alpha value is -2.73. The topological polar surface area (TPSA) is 76.4 Å². The number of hydrogen-bond acceptors (Lipinski definition) is 6. The van der Waals surface area contributed by atoms with E-state index in [2.05, 4.69) is 25.7 Å². The highest BCUT2D eigenvalue weighted by Crippen LogP contribution is 2.39. The molecule has 0 radical (unpaired) electrons. The van der Waals surface area contributed by atoms with Crippen LogP contribution >= 0.6 is 11.6 Å². The van der Waals surface area contributed by atoms with Crippen LogP contribution < -0.4 is 15.4 Å². The second-order valence-electron chi connectivity index (χ2n) is 6.57. The fourth-order valence-corrected chi connectivity index (χ4v) is 3.03. The molecule has 0 unspecified atom stereocenters. The lowest BCUT2D eigenvalue weighted by Gasteiger charge is -2.21. The Morgan fingerprint density at radius 3 is 2.48 bits per heavy atom. The van der Waals surface area contributed by atoms with E-state index in [9.17, 15) is 22.0 Å². The first-order valence-electron chi connectivity index (χ1n) is 9.12. The molecule has 3 aromatic rings. The van der Waals surface area contributed by atoms with Crippen molar-refractivity contribution in [2.24, 2.45) is 0 Å². The van der Waals surface area contributed by atoms with Gasteiger partial charge in [0.2, 0.25) is 0 Å². The molecule has 0 aliphatic rings. The first-order valence-corrected chi connectivity index (χ1v) is 9.50. The highest BCUT2D eigenvalue weighted by atomic mass is 35.5. The number of nitrogens with one attached hydrogen (secondary N) is 2. The molecule has 0 saturated heterocycles. The zero-order chi connectivity index (χ0) is 22.8. The zero-order valence-electron chi connectivity index (χ0n) is 16.4. The minimum absolute atomic E-state index is 0.0704. The van der Waals surface area contributed by atoms with Gasteiger partial charge in [-0.1, -0.05) is 11.6 Å². The van der Waals surface area contributed by atoms with Crippen molar-refractivity contribution in [2.75, 3.05) is 25.5 Å². The summed E-state index contributed by atoms with van der Waals surface area (Å²) in [5.74, 6) is -2.79. The quantitative estimate of drug-likeness (QED) is 0.297. The SMILES string of the molecule is CNCCCOc1cc(F)c(-c2c(Cl)nc3ncnn3c2N[C@H](C)C(F)(F)F)c(F)c1. The van der Waals surface area contributed by atoms with E-state index in [1.165, 1.54) is 0 Å². The number of benzene rings is 1. The van der Waals surface area contributed by atoms with Crippen LogP contribution in [0.25, 0.3) is 16.9 Å². The summed E-state index contributed by atoms with van der Waals surface area (Å²) in [6.45, 7) is 1.70. The Kier molecular flexibility index (Phi) is 6.80. The van der Waals surface area contributed by atoms with E-state index in [4.69, 9.17) is 16.3 Å². The molecule has 13 heteroatoms. The first-order chi connectivity index (χ1) is 14.6. The Balaban J connectivity index is 2.09. The molecule has 31 heavy (non-hydrogen) atoms. The maximum Gasteiger partial charge on any atom is 0.408 e. The molecule has 7 nitrogen and oxygen atoms in total. The van der Waals surface area contributed by atoms with Gasteiger partial charge in [-0.15, -0.1) is 0 Å². The smallest absolute Gasteiger partial charge is 0.408 e. The monoisotopic (exact) mass is 464 g/mol. The number of fused-ring (bicyclic) bond motifs is 1. The van der Waals surface area contributed by atoms with E-state index in [1.54, 1.807) is 7.05 Å². The van der Waals surface area contributed by atoms with Gasteiger partial charge in [-0.2, -0.15) is 32.8 Å². The van der Waals surface area contributed by atoms with Gasteiger partial charge in [0, 0.05) is 12.1 Å². The van der Waals surface area contributed by atoms with Gasteiger partial charge in [0.05, 0.1) is 17.7 Å². The molecule has 2 aromatic heterocycles. The van der Waals surface area contributed by atoms with Crippen LogP contribution in [0, 0.1) is 11.6 Å². The van der Waals surface area contributed by atoms with Gasteiger partial charge in [0.15, 0.2) is 0 Å². The Morgan fingerprint density at radius 2 is 1.87 bits per heavy atom. The van der Waals surface area contributed by atoms with Crippen molar-refractivity contribution < 1.29 is 26.7 Å². The largest absolute Gasteiger partial charge is 0.493 e. The van der Waals surface area contributed by atoms with Crippen molar-refractivity contribution >= 4 is 23.2 Å². The normalized spacial score (nSPS) is 12.9. The van der Waals surface area contributed by atoms with E-state index in [1.807, 2.05) is 0 Å². The van der Waals surface area contributed by atoms with Gasteiger partial charge in [-0.05, 0) is 26.9 Å². The average molecular weight is 465 g/mol. The third-order valence-electron chi connectivity index (χ3n) is 4.33. The standard InChI is InChI=1S/C18H18ClF5N6O/c1-9(18(22,23)24)28-16-14(15(19)29-17-26-8-27-30(16)17)13-11(20)6-10(7-12(13)21)31-5-3-4-25-2/h6-9,25,28H,3-5H2,1-2H3/t9-/m1/s1. The third-order valence-corrected chi connectivity index (χ3v) is 4.61. The molecule has 0 aliphatic carbocycles. The van der Waals surface area contributed by atoms with Crippen LogP contribution in [-0.2, 0) is 0 Å². The van der Waals surface area contributed by atoms with Gasteiger partial charge < -0.3 is 15.4 Å². The number of rotatable bonds is 8. The Morgan fingerprint density at radius 1 is 1.19 bits per heavy atom. The molecule has 168 valence electrons. The minimum atomic E-state index is -4.65. The van der Waals surface area contributed by atoms with Crippen LogP contribution in [-0.4, -0.2) is 52.0 Å². The molecule has 1 aromatic carbocycles. The Bertz CT molecular complexity index is 1050. The van der Waals surface area contributed by atoms with Gasteiger partial charge in [-0.3, -0.25) is 0 Å². The number of aromatic nitrogens is 4. The molecular weight excluding hydrogens is 447 g/mol. The second kappa shape index (κ2) is 9.18. The van der Waals surface area contributed by atoms with E-state index in [0.717, 1.165) is 29.9 Å². The van der Waals surface area contributed by atoms with Crippen molar-refractivity contribution in [2.45, 2.75) is 25.6 Å². The van der Waals surface area contributed by atoms with Crippen LogP contribution in [0.5, 0.6) is 5.75 Å². The maximum atomic E-state index is 14.9. The predicted octanol–water partition coefficient (Wildman–Crippen LogP) is 4.07. The number of halogens is 6. The number of anilines is 1. The molecule has 0 bridgehead atoms. The predicted molar refractivity (Wildman–Crippen MR) is 104 cm³/mol. The molecule has 0 aliphatic heterocycles. The van der Waals surface area contributed by atoms with Crippen LogP contribution in [0.15, 0.2) is 18.5 Å². The molecule has 0 amide bonds. The fourth-order valence-electron chi connectivity index (χ4n) is 2.77. The number of hydrogen-bond donors (Lipinski definition) is 2. The molecule has 2 N–H and O–H groups in total. The van der Waals surface area contributed by atoms with Crippen LogP contribution in [0.2, 0.25) is 5.15 Å². The lowest BCUT2D eigenvalue weighted by atomic mass is 10.1. The Labute approximate surface area is 178 Å². The van der Waals surface area contributed by atoms with Crippen molar-refractivity contribution in [1.82, 2.24) is 24.9 Å². The van der Waals surface area contributed by atoms with E-state index >= 15 is 0 Å². The zero-order valence-corrected chi connectivity index (χ0v) is 17.2. The van der Waals surface area contributed by atoms with Crippen molar-refractivity contribution in [3.05, 3.63) is 35.2 Å². The summed E-state index contributed by atoms with van der Waals surface area (Å²) in [7, 11) is 1.75. The van der Waals surface area contributed by atoms with Crippen molar-refractivity contribution in [3.8, 4) is 16.9 Å². The summed E-state index contributed by atoms with van der Waals surface area (Å²) in [6.07, 6.45) is -3.02. The number of nitrogens with zero attached hydrogens (tertiary/aromatic N) is 4. The summed E-state index contributed by atoms with van der Waals surface area (Å²) in [6, 6.07) is -0.231. The van der Waals surface area contributed by atoms with E-state index < -0.39 is 46.0 Å². The van der Waals surface area contributed by atoms with Gasteiger partial charge in [0.25, 0.3) is 5.78 Å². The first kappa shape index (κ1) is 22.9. The number of ether oxygens (including phenoxy) is 1. The summed E-state index contributed by atoms with van der Waals surface area (Å²) in [4.78, 5) is 7.65. The van der Waals surface area contributed by atoms with Crippen molar-refractivity contribution in [1.29, 1.82) is 0 Å². The second-order valence-corrected chi connectivity index (χ2v) is 6.93. The molecule has 0 fully saturated rings. The maximum absolute atomic E-state index is 14.9. The molecule has 3 rings (SSSR count). The lowest BCUT2D eigenvalue weighted by molar-refractivity contribution is -0.138. The van der Waals surface area contributed by atoms with Crippen molar-refractivity contribution in [3.63, 3.8) is 0 Å². The molecule has 0 saturated carbocycles. The summed E-state index contributed by atoms with van der Waals surface area (Å²) in [5.41, 5.74) is -1.10. The summed E-state index contributed by atoms with van der Waals surface area (Å²) in [5, 5.41) is 8.43. The molecular formula is C18H18ClF5N6O. The highest BCUT2D eigenvalue weighted by molar-refractivity contribution is 6.33. The highest BCUT2D eigenvalue weighted by Gasteiger charge is 2.37. The molecule has 0 spiro atoms. The van der Waals surface area contributed by atoms with Gasteiger partial charge in [0.1, 0.15) is 40.7 Å².